The molecule has 0 aliphatic rings. The van der Waals surface area contributed by atoms with Crippen LogP contribution in [-0.2, 0) is 4.79 Å². The maximum absolute atomic E-state index is 13.3. The van der Waals surface area contributed by atoms with Crippen molar-refractivity contribution < 1.29 is 4.79 Å². The van der Waals surface area contributed by atoms with Crippen LogP contribution in [0.25, 0.3) is 0 Å². The Morgan fingerprint density at radius 1 is 0.686 bits per heavy atom. The van der Waals surface area contributed by atoms with Crippen molar-refractivity contribution in [3.05, 3.63) is 119 Å². The molecule has 1 atom stereocenters. The Hall–Kier alpha value is -3.03. The SMILES string of the molecule is O=C(Nc1cc(Cl)cc(Cl)c1)C(Sc1ccc(NC(=S)Nc2ccccc2)cc1)c1ccccc1. The van der Waals surface area contributed by atoms with Crippen LogP contribution in [0.15, 0.2) is 108 Å². The van der Waals surface area contributed by atoms with E-state index in [4.69, 9.17) is 35.4 Å². The van der Waals surface area contributed by atoms with Crippen LogP contribution in [-0.4, -0.2) is 11.0 Å². The number of thiocarbonyl (C=S) groups is 1. The minimum atomic E-state index is -0.478. The highest BCUT2D eigenvalue weighted by Crippen LogP contribution is 2.37. The van der Waals surface area contributed by atoms with Crippen LogP contribution in [0.3, 0.4) is 0 Å². The number of hydrogen-bond donors (Lipinski definition) is 3. The summed E-state index contributed by atoms with van der Waals surface area (Å²) in [5.74, 6) is -0.171. The first kappa shape index (κ1) is 25.1. The van der Waals surface area contributed by atoms with Gasteiger partial charge in [0.2, 0.25) is 5.91 Å². The number of carbonyl (C=O) groups is 1. The monoisotopic (exact) mass is 537 g/mol. The lowest BCUT2D eigenvalue weighted by atomic mass is 10.1. The molecule has 35 heavy (non-hydrogen) atoms. The molecular formula is C27H21Cl2N3OS2. The number of benzene rings is 4. The van der Waals surface area contributed by atoms with Gasteiger partial charge in [-0.1, -0.05) is 71.7 Å². The zero-order valence-corrected chi connectivity index (χ0v) is 21.5. The molecule has 0 fully saturated rings. The smallest absolute Gasteiger partial charge is 0.242 e. The zero-order chi connectivity index (χ0) is 24.6. The molecule has 0 heterocycles. The highest BCUT2D eigenvalue weighted by atomic mass is 35.5. The van der Waals surface area contributed by atoms with Crippen molar-refractivity contribution in [3.8, 4) is 0 Å². The largest absolute Gasteiger partial charge is 0.332 e. The lowest BCUT2D eigenvalue weighted by Crippen LogP contribution is -2.19. The molecule has 1 unspecified atom stereocenters. The van der Waals surface area contributed by atoms with Gasteiger partial charge >= 0.3 is 0 Å². The van der Waals surface area contributed by atoms with Crippen LogP contribution < -0.4 is 16.0 Å². The van der Waals surface area contributed by atoms with E-state index in [0.717, 1.165) is 21.8 Å². The summed E-state index contributed by atoms with van der Waals surface area (Å²) in [4.78, 5) is 14.2. The molecule has 4 rings (SSSR count). The predicted molar refractivity (Wildman–Crippen MR) is 153 cm³/mol. The van der Waals surface area contributed by atoms with Crippen LogP contribution >= 0.6 is 47.2 Å². The molecular weight excluding hydrogens is 517 g/mol. The quantitative estimate of drug-likeness (QED) is 0.163. The molecule has 176 valence electrons. The summed E-state index contributed by atoms with van der Waals surface area (Å²) in [7, 11) is 0. The molecule has 1 amide bonds. The van der Waals surface area contributed by atoms with E-state index >= 15 is 0 Å². The van der Waals surface area contributed by atoms with E-state index in [1.165, 1.54) is 11.8 Å². The van der Waals surface area contributed by atoms with Gasteiger partial charge in [0.05, 0.1) is 0 Å². The number of hydrogen-bond acceptors (Lipinski definition) is 3. The van der Waals surface area contributed by atoms with Gasteiger partial charge in [-0.3, -0.25) is 4.79 Å². The van der Waals surface area contributed by atoms with Gasteiger partial charge < -0.3 is 16.0 Å². The normalized spacial score (nSPS) is 11.4. The molecule has 0 spiro atoms. The number of carbonyl (C=O) groups excluding carboxylic acids is 1. The van der Waals surface area contributed by atoms with Crippen molar-refractivity contribution in [3.63, 3.8) is 0 Å². The summed E-state index contributed by atoms with van der Waals surface area (Å²) >= 11 is 19.0. The van der Waals surface area contributed by atoms with Crippen molar-refractivity contribution in [1.29, 1.82) is 0 Å². The molecule has 0 aliphatic heterocycles. The number of amides is 1. The van der Waals surface area contributed by atoms with Crippen molar-refractivity contribution in [2.45, 2.75) is 10.1 Å². The van der Waals surface area contributed by atoms with Crippen LogP contribution in [0.1, 0.15) is 10.8 Å². The molecule has 4 aromatic rings. The Bertz CT molecular complexity index is 1280. The van der Waals surface area contributed by atoms with E-state index in [1.54, 1.807) is 18.2 Å². The summed E-state index contributed by atoms with van der Waals surface area (Å²) in [6, 6.07) is 32.1. The second kappa shape index (κ2) is 12.1. The van der Waals surface area contributed by atoms with E-state index in [1.807, 2.05) is 84.9 Å². The van der Waals surface area contributed by atoms with Crippen molar-refractivity contribution >= 4 is 75.3 Å². The Morgan fingerprint density at radius 2 is 1.23 bits per heavy atom. The molecule has 0 saturated heterocycles. The van der Waals surface area contributed by atoms with Gasteiger partial charge in [0.15, 0.2) is 5.11 Å². The fourth-order valence-corrected chi connectivity index (χ4v) is 5.09. The third-order valence-corrected chi connectivity index (χ3v) is 6.78. The second-order valence-electron chi connectivity index (χ2n) is 7.53. The van der Waals surface area contributed by atoms with E-state index in [2.05, 4.69) is 16.0 Å². The Labute approximate surface area is 224 Å². The molecule has 0 saturated carbocycles. The average molecular weight is 539 g/mol. The first-order valence-corrected chi connectivity index (χ1v) is 12.7. The first-order valence-electron chi connectivity index (χ1n) is 10.7. The molecule has 3 N–H and O–H groups in total. The number of thioether (sulfide) groups is 1. The highest BCUT2D eigenvalue weighted by molar-refractivity contribution is 8.00. The minimum absolute atomic E-state index is 0.171. The molecule has 0 aromatic heterocycles. The minimum Gasteiger partial charge on any atom is -0.332 e. The Morgan fingerprint density at radius 3 is 1.83 bits per heavy atom. The lowest BCUT2D eigenvalue weighted by Gasteiger charge is -2.18. The van der Waals surface area contributed by atoms with E-state index in [9.17, 15) is 4.79 Å². The van der Waals surface area contributed by atoms with Gasteiger partial charge in [-0.25, -0.2) is 0 Å². The average Bonchev–Trinajstić information content (AvgIpc) is 2.84. The molecule has 0 radical (unpaired) electrons. The van der Waals surface area contributed by atoms with Gasteiger partial charge in [-0.2, -0.15) is 0 Å². The summed E-state index contributed by atoms with van der Waals surface area (Å²) in [6.45, 7) is 0. The van der Waals surface area contributed by atoms with Gasteiger partial charge in [0.1, 0.15) is 5.25 Å². The third kappa shape index (κ3) is 7.47. The lowest BCUT2D eigenvalue weighted by molar-refractivity contribution is -0.115. The van der Waals surface area contributed by atoms with Gasteiger partial charge in [0, 0.05) is 32.0 Å². The van der Waals surface area contributed by atoms with Crippen molar-refractivity contribution in [2.75, 3.05) is 16.0 Å². The van der Waals surface area contributed by atoms with E-state index < -0.39 is 5.25 Å². The summed E-state index contributed by atoms with van der Waals surface area (Å²) < 4.78 is 0. The van der Waals surface area contributed by atoms with Crippen LogP contribution in [0.5, 0.6) is 0 Å². The summed E-state index contributed by atoms with van der Waals surface area (Å²) in [5.41, 5.74) is 3.19. The van der Waals surface area contributed by atoms with Gasteiger partial charge in [0.25, 0.3) is 0 Å². The molecule has 4 aromatic carbocycles. The topological polar surface area (TPSA) is 53.2 Å². The van der Waals surface area contributed by atoms with E-state index in [-0.39, 0.29) is 5.91 Å². The first-order chi connectivity index (χ1) is 17.0. The fourth-order valence-electron chi connectivity index (χ4n) is 3.30. The van der Waals surface area contributed by atoms with Crippen LogP contribution in [0.2, 0.25) is 10.0 Å². The van der Waals surface area contributed by atoms with Crippen molar-refractivity contribution in [2.24, 2.45) is 0 Å². The summed E-state index contributed by atoms with van der Waals surface area (Å²) in [5, 5.41) is 10.2. The highest BCUT2D eigenvalue weighted by Gasteiger charge is 2.22. The Kier molecular flexibility index (Phi) is 8.66. The van der Waals surface area contributed by atoms with Crippen LogP contribution in [0, 0.1) is 0 Å². The standard InChI is InChI=1S/C27H21Cl2N3OS2/c28-19-15-20(29)17-23(16-19)30-26(33)25(18-7-3-1-4-8-18)35-24-13-11-22(12-14-24)32-27(34)31-21-9-5-2-6-10-21/h1-17,25H,(H,30,33)(H2,31,32,34). The summed E-state index contributed by atoms with van der Waals surface area (Å²) in [6.07, 6.45) is 0. The number of anilines is 3. The predicted octanol–water partition coefficient (Wildman–Crippen LogP) is 8.27. The molecule has 0 bridgehead atoms. The maximum atomic E-state index is 13.3. The second-order valence-corrected chi connectivity index (χ2v) is 9.99. The molecule has 8 heteroatoms. The number of rotatable bonds is 7. The van der Waals surface area contributed by atoms with Crippen molar-refractivity contribution in [1.82, 2.24) is 0 Å². The maximum Gasteiger partial charge on any atom is 0.242 e. The zero-order valence-electron chi connectivity index (χ0n) is 18.4. The number of halogens is 2. The fraction of sp³-hybridized carbons (Fsp3) is 0.0370. The Balaban J connectivity index is 1.46. The molecule has 4 nitrogen and oxygen atoms in total. The third-order valence-electron chi connectivity index (χ3n) is 4.87. The van der Waals surface area contributed by atoms with Crippen LogP contribution in [0.4, 0.5) is 17.1 Å². The number of nitrogens with one attached hydrogen (secondary N) is 3. The van der Waals surface area contributed by atoms with Gasteiger partial charge in [-0.15, -0.1) is 11.8 Å². The molecule has 0 aliphatic carbocycles. The van der Waals surface area contributed by atoms with Gasteiger partial charge in [-0.05, 0) is 72.4 Å². The number of para-hydroxylation sites is 1. The van der Waals surface area contributed by atoms with E-state index in [0.29, 0.717) is 20.8 Å².